The van der Waals surface area contributed by atoms with E-state index in [0.29, 0.717) is 6.54 Å². The molecule has 2 N–H and O–H groups in total. The molecule has 0 bridgehead atoms. The molecule has 0 aliphatic heterocycles. The van der Waals surface area contributed by atoms with Gasteiger partial charge in [-0.05, 0) is 50.1 Å². The molecule has 1 amide bonds. The Bertz CT molecular complexity index is 576. The van der Waals surface area contributed by atoms with Gasteiger partial charge in [0.25, 0.3) is 0 Å². The second-order valence-electron chi connectivity index (χ2n) is 4.98. The summed E-state index contributed by atoms with van der Waals surface area (Å²) in [5.41, 5.74) is 3.29. The van der Waals surface area contributed by atoms with Crippen LogP contribution < -0.4 is 10.6 Å². The van der Waals surface area contributed by atoms with E-state index in [1.165, 1.54) is 5.56 Å². The Balaban J connectivity index is 1.92. The number of anilines is 1. The van der Waals surface area contributed by atoms with Crippen molar-refractivity contribution in [1.29, 1.82) is 0 Å². The van der Waals surface area contributed by atoms with Gasteiger partial charge in [-0.2, -0.15) is 0 Å². The standard InChI is InChI=1S/C16H20N2O2/c1-11-6-7-12(2)15(9-11)18-13(3)16(19)17-10-14-5-4-8-20-14/h4-9,13,18H,10H2,1-3H3,(H,17,19). The Morgan fingerprint density at radius 1 is 1.30 bits per heavy atom. The zero-order chi connectivity index (χ0) is 14.5. The lowest BCUT2D eigenvalue weighted by molar-refractivity contribution is -0.121. The summed E-state index contributed by atoms with van der Waals surface area (Å²) in [6, 6.07) is 9.49. The molecule has 2 rings (SSSR count). The smallest absolute Gasteiger partial charge is 0.242 e. The van der Waals surface area contributed by atoms with Gasteiger partial charge in [0.05, 0.1) is 12.8 Å². The van der Waals surface area contributed by atoms with Crippen LogP contribution in [-0.4, -0.2) is 11.9 Å². The van der Waals surface area contributed by atoms with Gasteiger partial charge in [0.2, 0.25) is 5.91 Å². The molecule has 1 aromatic heterocycles. The summed E-state index contributed by atoms with van der Waals surface area (Å²) in [4.78, 5) is 12.0. The second-order valence-corrected chi connectivity index (χ2v) is 4.98. The zero-order valence-electron chi connectivity index (χ0n) is 12.1. The van der Waals surface area contributed by atoms with Crippen LogP contribution in [0.1, 0.15) is 23.8 Å². The molecule has 1 heterocycles. The predicted molar refractivity (Wildman–Crippen MR) is 79.6 cm³/mol. The summed E-state index contributed by atoms with van der Waals surface area (Å²) in [6.07, 6.45) is 1.60. The van der Waals surface area contributed by atoms with E-state index in [0.717, 1.165) is 17.0 Å². The maximum Gasteiger partial charge on any atom is 0.242 e. The Morgan fingerprint density at radius 2 is 2.10 bits per heavy atom. The Kier molecular flexibility index (Phi) is 4.45. The number of nitrogens with one attached hydrogen (secondary N) is 2. The molecular weight excluding hydrogens is 252 g/mol. The van der Waals surface area contributed by atoms with E-state index < -0.39 is 0 Å². The van der Waals surface area contributed by atoms with Crippen molar-refractivity contribution >= 4 is 11.6 Å². The molecule has 4 nitrogen and oxygen atoms in total. The Hall–Kier alpha value is -2.23. The fraction of sp³-hybridized carbons (Fsp3) is 0.312. The average Bonchev–Trinajstić information content (AvgIpc) is 2.93. The average molecular weight is 272 g/mol. The lowest BCUT2D eigenvalue weighted by atomic mass is 10.1. The first-order valence-corrected chi connectivity index (χ1v) is 6.70. The van der Waals surface area contributed by atoms with Crippen molar-refractivity contribution in [1.82, 2.24) is 5.32 Å². The van der Waals surface area contributed by atoms with Gasteiger partial charge in [-0.3, -0.25) is 4.79 Å². The van der Waals surface area contributed by atoms with Crippen molar-refractivity contribution in [3.63, 3.8) is 0 Å². The van der Waals surface area contributed by atoms with Crippen LogP contribution >= 0.6 is 0 Å². The van der Waals surface area contributed by atoms with Gasteiger partial charge >= 0.3 is 0 Å². The van der Waals surface area contributed by atoms with E-state index >= 15 is 0 Å². The lowest BCUT2D eigenvalue weighted by Gasteiger charge is -2.17. The molecule has 0 saturated carbocycles. The summed E-state index contributed by atoms with van der Waals surface area (Å²) in [6.45, 7) is 6.31. The number of aryl methyl sites for hydroxylation is 2. The molecule has 0 radical (unpaired) electrons. The van der Waals surface area contributed by atoms with Gasteiger partial charge < -0.3 is 15.1 Å². The Morgan fingerprint density at radius 3 is 2.80 bits per heavy atom. The first-order chi connectivity index (χ1) is 9.56. The number of benzene rings is 1. The van der Waals surface area contributed by atoms with E-state index in [-0.39, 0.29) is 11.9 Å². The van der Waals surface area contributed by atoms with E-state index in [9.17, 15) is 4.79 Å². The number of amides is 1. The molecule has 106 valence electrons. The molecule has 1 unspecified atom stereocenters. The third-order valence-corrected chi connectivity index (χ3v) is 3.18. The van der Waals surface area contributed by atoms with Crippen LogP contribution in [0.3, 0.4) is 0 Å². The molecule has 1 aromatic carbocycles. The van der Waals surface area contributed by atoms with Crippen LogP contribution in [0.2, 0.25) is 0 Å². The van der Waals surface area contributed by atoms with Crippen LogP contribution in [0.25, 0.3) is 0 Å². The number of furan rings is 1. The van der Waals surface area contributed by atoms with Gasteiger partial charge in [0.1, 0.15) is 11.8 Å². The van der Waals surface area contributed by atoms with E-state index in [4.69, 9.17) is 4.42 Å². The van der Waals surface area contributed by atoms with Crippen molar-refractivity contribution in [2.24, 2.45) is 0 Å². The second kappa shape index (κ2) is 6.28. The summed E-state index contributed by atoms with van der Waals surface area (Å²) >= 11 is 0. The molecular formula is C16H20N2O2. The SMILES string of the molecule is Cc1ccc(C)c(NC(C)C(=O)NCc2ccco2)c1. The Labute approximate surface area is 119 Å². The number of hydrogen-bond acceptors (Lipinski definition) is 3. The lowest BCUT2D eigenvalue weighted by Crippen LogP contribution is -2.37. The van der Waals surface area contributed by atoms with Crippen LogP contribution in [0.4, 0.5) is 5.69 Å². The highest BCUT2D eigenvalue weighted by Gasteiger charge is 2.13. The number of hydrogen-bond donors (Lipinski definition) is 2. The molecule has 2 aromatic rings. The minimum Gasteiger partial charge on any atom is -0.467 e. The molecule has 20 heavy (non-hydrogen) atoms. The maximum absolute atomic E-state index is 12.0. The molecule has 0 fully saturated rings. The van der Waals surface area contributed by atoms with Gasteiger partial charge in [-0.1, -0.05) is 12.1 Å². The summed E-state index contributed by atoms with van der Waals surface area (Å²) in [5, 5.41) is 6.08. The topological polar surface area (TPSA) is 54.3 Å². The molecule has 1 atom stereocenters. The minimum atomic E-state index is -0.300. The monoisotopic (exact) mass is 272 g/mol. The molecule has 0 aliphatic rings. The molecule has 0 saturated heterocycles. The summed E-state index contributed by atoms with van der Waals surface area (Å²) in [7, 11) is 0. The third kappa shape index (κ3) is 3.63. The molecule has 0 spiro atoms. The van der Waals surface area contributed by atoms with Crippen molar-refractivity contribution in [2.75, 3.05) is 5.32 Å². The van der Waals surface area contributed by atoms with Crippen molar-refractivity contribution in [3.05, 3.63) is 53.5 Å². The molecule has 0 aliphatic carbocycles. The van der Waals surface area contributed by atoms with Crippen molar-refractivity contribution in [3.8, 4) is 0 Å². The number of carbonyl (C=O) groups is 1. The first kappa shape index (κ1) is 14.2. The third-order valence-electron chi connectivity index (χ3n) is 3.18. The minimum absolute atomic E-state index is 0.0534. The van der Waals surface area contributed by atoms with E-state index in [1.54, 1.807) is 12.3 Å². The fourth-order valence-electron chi connectivity index (χ4n) is 1.93. The van der Waals surface area contributed by atoms with Crippen molar-refractivity contribution < 1.29 is 9.21 Å². The van der Waals surface area contributed by atoms with Crippen LogP contribution in [-0.2, 0) is 11.3 Å². The van der Waals surface area contributed by atoms with Crippen LogP contribution in [0, 0.1) is 13.8 Å². The number of carbonyl (C=O) groups excluding carboxylic acids is 1. The largest absolute Gasteiger partial charge is 0.467 e. The van der Waals surface area contributed by atoms with E-state index in [2.05, 4.69) is 16.7 Å². The zero-order valence-corrected chi connectivity index (χ0v) is 12.1. The highest BCUT2D eigenvalue weighted by molar-refractivity contribution is 5.84. The summed E-state index contributed by atoms with van der Waals surface area (Å²) < 4.78 is 5.18. The normalized spacial score (nSPS) is 11.9. The van der Waals surface area contributed by atoms with Gasteiger partial charge in [-0.25, -0.2) is 0 Å². The predicted octanol–water partition coefficient (Wildman–Crippen LogP) is 3.01. The number of rotatable bonds is 5. The van der Waals surface area contributed by atoms with Crippen molar-refractivity contribution in [2.45, 2.75) is 33.4 Å². The highest BCUT2D eigenvalue weighted by atomic mass is 16.3. The fourth-order valence-corrected chi connectivity index (χ4v) is 1.93. The van der Waals surface area contributed by atoms with E-state index in [1.807, 2.05) is 39.0 Å². The first-order valence-electron chi connectivity index (χ1n) is 6.70. The van der Waals surface area contributed by atoms with Crippen LogP contribution in [0.5, 0.6) is 0 Å². The summed E-state index contributed by atoms with van der Waals surface area (Å²) in [5.74, 6) is 0.694. The molecule has 4 heteroatoms. The van der Waals surface area contributed by atoms with Gasteiger partial charge in [0, 0.05) is 5.69 Å². The van der Waals surface area contributed by atoms with Gasteiger partial charge in [0.15, 0.2) is 0 Å². The van der Waals surface area contributed by atoms with Gasteiger partial charge in [-0.15, -0.1) is 0 Å². The highest BCUT2D eigenvalue weighted by Crippen LogP contribution is 2.17. The quantitative estimate of drug-likeness (QED) is 0.879. The maximum atomic E-state index is 12.0. The van der Waals surface area contributed by atoms with Crippen LogP contribution in [0.15, 0.2) is 41.0 Å².